The van der Waals surface area contributed by atoms with E-state index in [4.69, 9.17) is 5.21 Å². The number of carbonyl (C=O) groups excluding carboxylic acids is 1. The number of nitrogens with one attached hydrogen (secondary N) is 1. The molecule has 0 spiro atoms. The Morgan fingerprint density at radius 1 is 1.32 bits per heavy atom. The molecule has 1 aromatic carbocycles. The van der Waals surface area contributed by atoms with Gasteiger partial charge in [0.1, 0.15) is 6.23 Å². The van der Waals surface area contributed by atoms with E-state index in [1.54, 1.807) is 11.7 Å². The number of aromatic nitrogens is 1. The van der Waals surface area contributed by atoms with Crippen molar-refractivity contribution < 1.29 is 15.1 Å². The number of amides is 1. The van der Waals surface area contributed by atoms with Crippen LogP contribution in [0.5, 0.6) is 0 Å². The first kappa shape index (κ1) is 16.2. The average Bonchev–Trinajstić information content (AvgIpc) is 3.09. The summed E-state index contributed by atoms with van der Waals surface area (Å²) in [5, 5.41) is 20.7. The van der Waals surface area contributed by atoms with Gasteiger partial charge in [-0.1, -0.05) is 24.3 Å². The van der Waals surface area contributed by atoms with Crippen LogP contribution in [-0.4, -0.2) is 32.6 Å². The van der Waals surface area contributed by atoms with E-state index in [1.165, 1.54) is 11.3 Å². The number of aliphatic hydroxyl groups excluding tert-OH is 1. The minimum atomic E-state index is -0.760. The first-order valence-electron chi connectivity index (χ1n) is 7.99. The van der Waals surface area contributed by atoms with Crippen molar-refractivity contribution in [2.24, 2.45) is 0 Å². The molecular formula is C18H17N3O3S. The van der Waals surface area contributed by atoms with Gasteiger partial charge in [-0.25, -0.2) is 5.48 Å². The van der Waals surface area contributed by atoms with Crippen LogP contribution in [-0.2, 0) is 13.0 Å². The Morgan fingerprint density at radius 3 is 3.00 bits per heavy atom. The summed E-state index contributed by atoms with van der Waals surface area (Å²) in [4.78, 5) is 19.5. The number of hydroxylamine groups is 1. The lowest BCUT2D eigenvalue weighted by molar-refractivity contribution is -0.00593. The highest BCUT2D eigenvalue weighted by Gasteiger charge is 2.27. The first-order valence-corrected chi connectivity index (χ1v) is 8.81. The Balaban J connectivity index is 1.62. The molecule has 0 fully saturated rings. The third-order valence-electron chi connectivity index (χ3n) is 4.52. The molecule has 1 atom stereocenters. The second-order valence-corrected chi connectivity index (χ2v) is 7.15. The number of carbonyl (C=O) groups is 1. The maximum Gasteiger partial charge on any atom is 0.284 e. The summed E-state index contributed by atoms with van der Waals surface area (Å²) in [5.74, 6) is -0.496. The molecule has 7 heteroatoms. The Bertz CT molecular complexity index is 935. The standard InChI is InChI=1S/C18H17N3O3S/c22-17(20-24)14-9-12-6-8-21(10-15(12)25-14)18(23)13-5-1-3-11-4-2-7-19-16(11)13/h1-5,7,9,18,23-24H,6,8,10H2,(H,20,22). The third-order valence-corrected chi connectivity index (χ3v) is 5.69. The van der Waals surface area contributed by atoms with E-state index >= 15 is 0 Å². The van der Waals surface area contributed by atoms with E-state index in [0.29, 0.717) is 18.0 Å². The van der Waals surface area contributed by atoms with Crippen LogP contribution >= 0.6 is 11.3 Å². The minimum Gasteiger partial charge on any atom is -0.374 e. The van der Waals surface area contributed by atoms with Gasteiger partial charge in [0.05, 0.1) is 10.4 Å². The number of fused-ring (bicyclic) bond motifs is 2. The molecule has 1 aliphatic heterocycles. The topological polar surface area (TPSA) is 85.7 Å². The molecule has 25 heavy (non-hydrogen) atoms. The number of rotatable bonds is 3. The summed E-state index contributed by atoms with van der Waals surface area (Å²) in [6.45, 7) is 1.25. The second-order valence-electron chi connectivity index (χ2n) is 6.02. The zero-order valence-electron chi connectivity index (χ0n) is 13.3. The molecule has 128 valence electrons. The van der Waals surface area contributed by atoms with Crippen molar-refractivity contribution in [1.29, 1.82) is 0 Å². The number of pyridine rings is 1. The van der Waals surface area contributed by atoms with Crippen molar-refractivity contribution in [3.8, 4) is 0 Å². The zero-order valence-corrected chi connectivity index (χ0v) is 14.2. The fraction of sp³-hybridized carbons (Fsp3) is 0.222. The molecule has 3 heterocycles. The van der Waals surface area contributed by atoms with Gasteiger partial charge < -0.3 is 5.11 Å². The van der Waals surface area contributed by atoms with Gasteiger partial charge >= 0.3 is 0 Å². The smallest absolute Gasteiger partial charge is 0.284 e. The molecule has 1 unspecified atom stereocenters. The van der Waals surface area contributed by atoms with Gasteiger partial charge in [-0.15, -0.1) is 11.3 Å². The maximum absolute atomic E-state index is 11.6. The van der Waals surface area contributed by atoms with E-state index in [9.17, 15) is 9.90 Å². The summed E-state index contributed by atoms with van der Waals surface area (Å²) in [7, 11) is 0. The van der Waals surface area contributed by atoms with Crippen molar-refractivity contribution in [1.82, 2.24) is 15.4 Å². The highest BCUT2D eigenvalue weighted by atomic mass is 32.1. The van der Waals surface area contributed by atoms with Crippen LogP contribution in [0.1, 0.15) is 31.9 Å². The lowest BCUT2D eigenvalue weighted by atomic mass is 10.0. The molecule has 3 aromatic rings. The number of aliphatic hydroxyl groups is 1. The monoisotopic (exact) mass is 355 g/mol. The number of thiophene rings is 1. The molecule has 3 N–H and O–H groups in total. The van der Waals surface area contributed by atoms with Crippen molar-refractivity contribution in [3.05, 3.63) is 63.5 Å². The Morgan fingerprint density at radius 2 is 2.16 bits per heavy atom. The molecular weight excluding hydrogens is 338 g/mol. The Kier molecular flexibility index (Phi) is 4.22. The van der Waals surface area contributed by atoms with Crippen LogP contribution in [0.4, 0.5) is 0 Å². The lowest BCUT2D eigenvalue weighted by Gasteiger charge is -2.31. The van der Waals surface area contributed by atoms with E-state index in [-0.39, 0.29) is 0 Å². The van der Waals surface area contributed by atoms with Crippen molar-refractivity contribution in [2.45, 2.75) is 19.2 Å². The van der Waals surface area contributed by atoms with Gasteiger partial charge in [-0.2, -0.15) is 0 Å². The summed E-state index contributed by atoms with van der Waals surface area (Å²) < 4.78 is 0. The quantitative estimate of drug-likeness (QED) is 0.496. The highest BCUT2D eigenvalue weighted by molar-refractivity contribution is 7.14. The molecule has 1 aliphatic rings. The van der Waals surface area contributed by atoms with Gasteiger partial charge in [0.25, 0.3) is 5.91 Å². The number of nitrogens with zero attached hydrogens (tertiary/aromatic N) is 2. The Labute approximate surface area is 148 Å². The van der Waals surface area contributed by atoms with Crippen LogP contribution in [0, 0.1) is 0 Å². The summed E-state index contributed by atoms with van der Waals surface area (Å²) in [6, 6.07) is 11.5. The number of benzene rings is 1. The van der Waals surface area contributed by atoms with Gasteiger partial charge in [0, 0.05) is 35.1 Å². The summed E-state index contributed by atoms with van der Waals surface area (Å²) >= 11 is 1.35. The molecule has 4 rings (SSSR count). The normalized spacial score (nSPS) is 15.8. The zero-order chi connectivity index (χ0) is 17.4. The molecule has 2 aromatic heterocycles. The van der Waals surface area contributed by atoms with Crippen LogP contribution in [0.2, 0.25) is 0 Å². The molecule has 1 amide bonds. The van der Waals surface area contributed by atoms with Crippen molar-refractivity contribution in [2.75, 3.05) is 6.54 Å². The van der Waals surface area contributed by atoms with E-state index in [1.807, 2.05) is 41.3 Å². The largest absolute Gasteiger partial charge is 0.374 e. The van der Waals surface area contributed by atoms with Crippen molar-refractivity contribution in [3.63, 3.8) is 0 Å². The van der Waals surface area contributed by atoms with Gasteiger partial charge in [-0.3, -0.25) is 19.9 Å². The summed E-state index contributed by atoms with van der Waals surface area (Å²) in [6.07, 6.45) is 1.72. The number of hydrogen-bond acceptors (Lipinski definition) is 6. The average molecular weight is 355 g/mol. The third kappa shape index (κ3) is 2.91. The predicted molar refractivity (Wildman–Crippen MR) is 94.4 cm³/mol. The number of hydrogen-bond donors (Lipinski definition) is 3. The molecule has 0 saturated carbocycles. The lowest BCUT2D eigenvalue weighted by Crippen LogP contribution is -2.33. The Hall–Kier alpha value is -2.32. The van der Waals surface area contributed by atoms with Gasteiger partial charge in [0.2, 0.25) is 0 Å². The fourth-order valence-corrected chi connectivity index (χ4v) is 4.38. The molecule has 0 bridgehead atoms. The van der Waals surface area contributed by atoms with Crippen LogP contribution in [0.15, 0.2) is 42.6 Å². The van der Waals surface area contributed by atoms with Crippen molar-refractivity contribution >= 4 is 28.1 Å². The highest BCUT2D eigenvalue weighted by Crippen LogP contribution is 2.33. The minimum absolute atomic E-state index is 0.482. The second kappa shape index (κ2) is 6.53. The van der Waals surface area contributed by atoms with Gasteiger partial charge in [0.15, 0.2) is 0 Å². The molecule has 0 saturated heterocycles. The SMILES string of the molecule is O=C(NO)c1cc2c(s1)CN(C(O)c1cccc3cccnc13)CC2. The van der Waals surface area contributed by atoms with Gasteiger partial charge in [-0.05, 0) is 24.1 Å². The molecule has 6 nitrogen and oxygen atoms in total. The predicted octanol–water partition coefficient (Wildman–Crippen LogP) is 2.46. The van der Waals surface area contributed by atoms with E-state index < -0.39 is 12.1 Å². The molecule has 0 aliphatic carbocycles. The summed E-state index contributed by atoms with van der Waals surface area (Å²) in [5.41, 5.74) is 4.36. The first-order chi connectivity index (χ1) is 12.2. The maximum atomic E-state index is 11.6. The van der Waals surface area contributed by atoms with Crippen LogP contribution in [0.3, 0.4) is 0 Å². The van der Waals surface area contributed by atoms with E-state index in [2.05, 4.69) is 4.98 Å². The number of para-hydroxylation sites is 1. The fourth-order valence-electron chi connectivity index (χ4n) is 3.25. The van der Waals surface area contributed by atoms with Crippen LogP contribution in [0.25, 0.3) is 10.9 Å². The van der Waals surface area contributed by atoms with Crippen LogP contribution < -0.4 is 5.48 Å². The molecule has 0 radical (unpaired) electrons. The van der Waals surface area contributed by atoms with E-state index in [0.717, 1.165) is 33.3 Å².